The van der Waals surface area contributed by atoms with Crippen LogP contribution in [0.2, 0.25) is 0 Å². The van der Waals surface area contributed by atoms with Crippen LogP contribution in [0.1, 0.15) is 28.7 Å². The second-order valence-corrected chi connectivity index (χ2v) is 6.46. The summed E-state index contributed by atoms with van der Waals surface area (Å²) in [5, 5.41) is 0. The van der Waals surface area contributed by atoms with Crippen LogP contribution in [0.5, 0.6) is 0 Å². The molecule has 0 aromatic heterocycles. The summed E-state index contributed by atoms with van der Waals surface area (Å²) in [6, 6.07) is 17.3. The van der Waals surface area contributed by atoms with E-state index in [-0.39, 0.29) is 0 Å². The van der Waals surface area contributed by atoms with Crippen LogP contribution in [-0.2, 0) is 13.0 Å². The molecule has 0 amide bonds. The summed E-state index contributed by atoms with van der Waals surface area (Å²) in [4.78, 5) is 2.45. The second-order valence-electron chi connectivity index (χ2n) is 6.46. The van der Waals surface area contributed by atoms with Crippen molar-refractivity contribution in [2.75, 3.05) is 6.54 Å². The molecule has 3 rings (SSSR count). The highest BCUT2D eigenvalue weighted by Crippen LogP contribution is 2.32. The molecule has 114 valence electrons. The summed E-state index contributed by atoms with van der Waals surface area (Å²) in [6.07, 6.45) is 2.35. The lowest BCUT2D eigenvalue weighted by atomic mass is 9.91. The van der Waals surface area contributed by atoms with E-state index in [0.29, 0.717) is 5.92 Å². The largest absolute Gasteiger partial charge is 0.371 e. The molecule has 0 bridgehead atoms. The van der Waals surface area contributed by atoms with Crippen LogP contribution < -0.4 is 0 Å². The molecule has 1 nitrogen and oxygen atoms in total. The monoisotopic (exact) mass is 291 g/mol. The Morgan fingerprint density at radius 1 is 1.00 bits per heavy atom. The van der Waals surface area contributed by atoms with Crippen LogP contribution >= 0.6 is 0 Å². The zero-order valence-electron chi connectivity index (χ0n) is 13.7. The van der Waals surface area contributed by atoms with Gasteiger partial charge in [-0.3, -0.25) is 0 Å². The topological polar surface area (TPSA) is 3.24 Å². The zero-order chi connectivity index (χ0) is 15.5. The molecular formula is C21H25N. The third-order valence-corrected chi connectivity index (χ3v) is 4.94. The van der Waals surface area contributed by atoms with E-state index >= 15 is 0 Å². The van der Waals surface area contributed by atoms with Gasteiger partial charge in [0.1, 0.15) is 0 Å². The average molecular weight is 291 g/mol. The minimum absolute atomic E-state index is 0.587. The van der Waals surface area contributed by atoms with Crippen molar-refractivity contribution in [1.29, 1.82) is 0 Å². The maximum atomic E-state index is 4.39. The Bertz CT molecular complexity index is 637. The van der Waals surface area contributed by atoms with Gasteiger partial charge in [-0.1, -0.05) is 55.1 Å². The van der Waals surface area contributed by atoms with Crippen molar-refractivity contribution in [2.45, 2.75) is 33.2 Å². The zero-order valence-corrected chi connectivity index (χ0v) is 13.7. The number of aryl methyl sites for hydroxylation is 2. The molecule has 22 heavy (non-hydrogen) atoms. The van der Waals surface area contributed by atoms with Crippen LogP contribution in [0.15, 0.2) is 60.8 Å². The van der Waals surface area contributed by atoms with E-state index < -0.39 is 0 Å². The molecule has 2 aromatic rings. The Morgan fingerprint density at radius 3 is 2.36 bits per heavy atom. The highest BCUT2D eigenvalue weighted by atomic mass is 15.2. The second kappa shape index (κ2) is 6.39. The van der Waals surface area contributed by atoms with Gasteiger partial charge in [-0.15, -0.1) is 0 Å². The van der Waals surface area contributed by atoms with Crippen molar-refractivity contribution in [3.8, 4) is 0 Å². The highest BCUT2D eigenvalue weighted by molar-refractivity contribution is 5.35. The van der Waals surface area contributed by atoms with Gasteiger partial charge in [0, 0.05) is 24.7 Å². The molecule has 0 aliphatic carbocycles. The Hall–Kier alpha value is -2.02. The van der Waals surface area contributed by atoms with E-state index in [1.165, 1.54) is 34.4 Å². The van der Waals surface area contributed by atoms with Crippen molar-refractivity contribution in [2.24, 2.45) is 5.92 Å². The fourth-order valence-electron chi connectivity index (χ4n) is 3.50. The van der Waals surface area contributed by atoms with E-state index in [1.54, 1.807) is 0 Å². The number of hydrogen-bond donors (Lipinski definition) is 0. The number of nitrogens with zero attached hydrogens (tertiary/aromatic N) is 1. The molecule has 1 unspecified atom stereocenters. The normalized spacial score (nSPS) is 18.0. The van der Waals surface area contributed by atoms with Crippen LogP contribution in [0.25, 0.3) is 0 Å². The summed E-state index contributed by atoms with van der Waals surface area (Å²) in [6.45, 7) is 11.0. The van der Waals surface area contributed by atoms with Crippen molar-refractivity contribution in [1.82, 2.24) is 4.90 Å². The van der Waals surface area contributed by atoms with Crippen LogP contribution in [0.4, 0.5) is 0 Å². The highest BCUT2D eigenvalue weighted by Gasteiger charge is 2.26. The first kappa shape index (κ1) is 14.9. The fourth-order valence-corrected chi connectivity index (χ4v) is 3.50. The SMILES string of the molecule is C=C1C(Cc2c(C)cccc2C)CCN1Cc1ccccc1. The van der Waals surface area contributed by atoms with Gasteiger partial charge in [-0.25, -0.2) is 0 Å². The summed E-state index contributed by atoms with van der Waals surface area (Å²) < 4.78 is 0. The number of likely N-dealkylation sites (tertiary alicyclic amines) is 1. The van der Waals surface area contributed by atoms with Crippen LogP contribution in [0, 0.1) is 19.8 Å². The summed E-state index contributed by atoms with van der Waals surface area (Å²) in [7, 11) is 0. The molecule has 1 saturated heterocycles. The molecule has 0 N–H and O–H groups in total. The smallest absolute Gasteiger partial charge is 0.0426 e. The van der Waals surface area contributed by atoms with Crippen molar-refractivity contribution < 1.29 is 0 Å². The molecule has 1 heteroatoms. The van der Waals surface area contributed by atoms with E-state index in [4.69, 9.17) is 0 Å². The van der Waals surface area contributed by atoms with Gasteiger partial charge in [-0.2, -0.15) is 0 Å². The van der Waals surface area contributed by atoms with Crippen molar-refractivity contribution >= 4 is 0 Å². The lowest BCUT2D eigenvalue weighted by molar-refractivity contribution is 0.383. The Balaban J connectivity index is 1.69. The third kappa shape index (κ3) is 3.09. The van der Waals surface area contributed by atoms with Gasteiger partial charge < -0.3 is 4.90 Å². The predicted molar refractivity (Wildman–Crippen MR) is 93.7 cm³/mol. The lowest BCUT2D eigenvalue weighted by Gasteiger charge is -2.22. The summed E-state index contributed by atoms with van der Waals surface area (Å²) in [5.41, 5.74) is 7.02. The molecule has 2 aromatic carbocycles. The Morgan fingerprint density at radius 2 is 1.68 bits per heavy atom. The first-order chi connectivity index (χ1) is 10.6. The van der Waals surface area contributed by atoms with Gasteiger partial charge in [0.25, 0.3) is 0 Å². The average Bonchev–Trinajstić information content (AvgIpc) is 2.85. The van der Waals surface area contributed by atoms with E-state index in [0.717, 1.165) is 19.5 Å². The molecule has 1 aliphatic rings. The van der Waals surface area contributed by atoms with Gasteiger partial charge in [0.2, 0.25) is 0 Å². The first-order valence-electron chi connectivity index (χ1n) is 8.18. The van der Waals surface area contributed by atoms with Crippen LogP contribution in [0.3, 0.4) is 0 Å². The number of allylic oxidation sites excluding steroid dienone is 1. The minimum atomic E-state index is 0.587. The van der Waals surface area contributed by atoms with Gasteiger partial charge in [0.15, 0.2) is 0 Å². The van der Waals surface area contributed by atoms with Crippen molar-refractivity contribution in [3.05, 3.63) is 83.1 Å². The molecule has 0 saturated carbocycles. The summed E-state index contributed by atoms with van der Waals surface area (Å²) in [5.74, 6) is 0.587. The maximum absolute atomic E-state index is 4.39. The molecule has 0 radical (unpaired) electrons. The summed E-state index contributed by atoms with van der Waals surface area (Å²) >= 11 is 0. The van der Waals surface area contributed by atoms with Crippen molar-refractivity contribution in [3.63, 3.8) is 0 Å². The maximum Gasteiger partial charge on any atom is 0.0426 e. The minimum Gasteiger partial charge on any atom is -0.371 e. The Kier molecular flexibility index (Phi) is 4.33. The number of benzene rings is 2. The quantitative estimate of drug-likeness (QED) is 0.776. The molecule has 1 fully saturated rings. The van der Waals surface area contributed by atoms with E-state index in [2.05, 4.69) is 73.9 Å². The molecular weight excluding hydrogens is 266 g/mol. The van der Waals surface area contributed by atoms with E-state index in [9.17, 15) is 0 Å². The number of hydrogen-bond acceptors (Lipinski definition) is 1. The van der Waals surface area contributed by atoms with Gasteiger partial charge in [0.05, 0.1) is 0 Å². The van der Waals surface area contributed by atoms with Crippen LogP contribution in [-0.4, -0.2) is 11.4 Å². The van der Waals surface area contributed by atoms with E-state index in [1.807, 2.05) is 0 Å². The fraction of sp³-hybridized carbons (Fsp3) is 0.333. The predicted octanol–water partition coefficient (Wildman–Crippen LogP) is 4.88. The molecule has 1 heterocycles. The number of rotatable bonds is 4. The third-order valence-electron chi connectivity index (χ3n) is 4.94. The molecule has 1 atom stereocenters. The molecule has 0 spiro atoms. The molecule has 1 aliphatic heterocycles. The first-order valence-corrected chi connectivity index (χ1v) is 8.18. The lowest BCUT2D eigenvalue weighted by Crippen LogP contribution is -2.18. The standard InChI is InChI=1S/C21H25N/c1-16-8-7-9-17(2)21(16)14-20-12-13-22(18(20)3)15-19-10-5-4-6-11-19/h4-11,20H,3,12-15H2,1-2H3. The Labute approximate surface area is 134 Å². The van der Waals surface area contributed by atoms with Gasteiger partial charge >= 0.3 is 0 Å². The van der Waals surface area contributed by atoms with Gasteiger partial charge in [-0.05, 0) is 48.9 Å².